The molecule has 2 aliphatic rings. The summed E-state index contributed by atoms with van der Waals surface area (Å²) >= 11 is 0. The van der Waals surface area contributed by atoms with Crippen LogP contribution in [0.25, 0.3) is 0 Å². The van der Waals surface area contributed by atoms with Crippen LogP contribution in [-0.4, -0.2) is 62.9 Å². The van der Waals surface area contributed by atoms with Crippen molar-refractivity contribution >= 4 is 5.69 Å². The van der Waals surface area contributed by atoms with Crippen LogP contribution >= 0.6 is 0 Å². The number of alkyl halides is 3. The van der Waals surface area contributed by atoms with Crippen LogP contribution in [0.2, 0.25) is 0 Å². The maximum Gasteiger partial charge on any atom is 0.416 e. The minimum Gasteiger partial charge on any atom is -0.377 e. The fraction of sp³-hybridized carbons (Fsp3) is 0.684. The zero-order valence-corrected chi connectivity index (χ0v) is 15.3. The molecule has 7 heteroatoms. The van der Waals surface area contributed by atoms with E-state index in [1.807, 2.05) is 4.90 Å². The molecule has 0 radical (unpaired) electrons. The summed E-state index contributed by atoms with van der Waals surface area (Å²) in [5.41, 5.74) is 0.0880. The Bertz CT molecular complexity index is 573. The predicted molar refractivity (Wildman–Crippen MR) is 96.5 cm³/mol. The van der Waals surface area contributed by atoms with E-state index in [0.717, 1.165) is 64.8 Å². The van der Waals surface area contributed by atoms with Gasteiger partial charge in [-0.15, -0.1) is 0 Å². The first-order chi connectivity index (χ1) is 12.4. The average molecular weight is 371 g/mol. The zero-order valence-electron chi connectivity index (χ0n) is 15.3. The number of nitrogens with zero attached hydrogens (tertiary/aromatic N) is 2. The van der Waals surface area contributed by atoms with Crippen molar-refractivity contribution in [2.75, 3.05) is 50.8 Å². The Labute approximate surface area is 153 Å². The molecule has 4 nitrogen and oxygen atoms in total. The van der Waals surface area contributed by atoms with Crippen LogP contribution in [0.1, 0.15) is 25.3 Å². The quantitative estimate of drug-likeness (QED) is 0.778. The summed E-state index contributed by atoms with van der Waals surface area (Å²) in [6.07, 6.45) is -1.83. The maximum atomic E-state index is 12.9. The maximum absolute atomic E-state index is 12.9. The van der Waals surface area contributed by atoms with Gasteiger partial charge in [-0.3, -0.25) is 4.90 Å². The number of halogens is 3. The fourth-order valence-corrected chi connectivity index (χ4v) is 3.70. The molecular formula is C19H28F3N3O. The predicted octanol–water partition coefficient (Wildman–Crippen LogP) is 2.98. The van der Waals surface area contributed by atoms with Crippen LogP contribution in [0.4, 0.5) is 18.9 Å². The van der Waals surface area contributed by atoms with Crippen molar-refractivity contribution in [3.8, 4) is 0 Å². The van der Waals surface area contributed by atoms with E-state index in [9.17, 15) is 13.2 Å². The number of benzene rings is 1. The van der Waals surface area contributed by atoms with Gasteiger partial charge >= 0.3 is 6.18 Å². The van der Waals surface area contributed by atoms with Crippen LogP contribution in [0.3, 0.4) is 0 Å². The second kappa shape index (κ2) is 8.59. The van der Waals surface area contributed by atoms with Gasteiger partial charge in [0.1, 0.15) is 0 Å². The van der Waals surface area contributed by atoms with E-state index >= 15 is 0 Å². The topological polar surface area (TPSA) is 27.7 Å². The molecule has 2 aliphatic heterocycles. The third-order valence-electron chi connectivity index (χ3n) is 5.34. The molecule has 0 saturated carbocycles. The van der Waals surface area contributed by atoms with E-state index in [1.165, 1.54) is 12.1 Å². The fourth-order valence-electron chi connectivity index (χ4n) is 3.70. The Balaban J connectivity index is 1.39. The van der Waals surface area contributed by atoms with Crippen LogP contribution in [-0.2, 0) is 10.9 Å². The van der Waals surface area contributed by atoms with E-state index in [4.69, 9.17) is 4.74 Å². The monoisotopic (exact) mass is 371 g/mol. The number of nitrogens with one attached hydrogen (secondary N) is 1. The summed E-state index contributed by atoms with van der Waals surface area (Å²) in [5, 5.41) is 3.56. The van der Waals surface area contributed by atoms with Crippen molar-refractivity contribution in [2.45, 2.75) is 38.1 Å². The van der Waals surface area contributed by atoms with E-state index in [2.05, 4.69) is 17.1 Å². The summed E-state index contributed by atoms with van der Waals surface area (Å²) in [6.45, 7) is 8.26. The second-order valence-electron chi connectivity index (χ2n) is 7.16. The summed E-state index contributed by atoms with van der Waals surface area (Å²) in [5.74, 6) is 0. The van der Waals surface area contributed by atoms with Gasteiger partial charge in [0.2, 0.25) is 0 Å². The highest BCUT2D eigenvalue weighted by Gasteiger charge is 2.31. The van der Waals surface area contributed by atoms with Crippen LogP contribution in [0, 0.1) is 0 Å². The summed E-state index contributed by atoms with van der Waals surface area (Å²) in [6, 6.07) is 6.10. The summed E-state index contributed by atoms with van der Waals surface area (Å²) in [7, 11) is 0. The Morgan fingerprint density at radius 3 is 2.62 bits per heavy atom. The molecule has 1 N–H and O–H groups in total. The summed E-state index contributed by atoms with van der Waals surface area (Å²) < 4.78 is 44.1. The molecule has 1 aromatic rings. The lowest BCUT2D eigenvalue weighted by molar-refractivity contribution is -0.137. The van der Waals surface area contributed by atoms with Gasteiger partial charge in [0.15, 0.2) is 0 Å². The first-order valence-corrected chi connectivity index (χ1v) is 9.43. The highest BCUT2D eigenvalue weighted by molar-refractivity contribution is 5.49. The molecule has 0 aliphatic carbocycles. The van der Waals surface area contributed by atoms with Crippen molar-refractivity contribution in [3.05, 3.63) is 29.8 Å². The molecule has 2 atom stereocenters. The highest BCUT2D eigenvalue weighted by Crippen LogP contribution is 2.31. The van der Waals surface area contributed by atoms with Gasteiger partial charge < -0.3 is 15.0 Å². The lowest BCUT2D eigenvalue weighted by atomic mass is 10.1. The second-order valence-corrected chi connectivity index (χ2v) is 7.16. The van der Waals surface area contributed by atoms with Crippen molar-refractivity contribution in [1.29, 1.82) is 0 Å². The van der Waals surface area contributed by atoms with E-state index in [-0.39, 0.29) is 0 Å². The van der Waals surface area contributed by atoms with Gasteiger partial charge in [-0.1, -0.05) is 6.07 Å². The molecule has 146 valence electrons. The van der Waals surface area contributed by atoms with Gasteiger partial charge in [0.05, 0.1) is 11.7 Å². The van der Waals surface area contributed by atoms with E-state index in [1.54, 1.807) is 6.07 Å². The Morgan fingerprint density at radius 2 is 1.96 bits per heavy atom. The smallest absolute Gasteiger partial charge is 0.377 e. The number of hydrogen-bond donors (Lipinski definition) is 1. The normalized spacial score (nSPS) is 25.0. The third-order valence-corrected chi connectivity index (χ3v) is 5.34. The number of piperazine rings is 1. The van der Waals surface area contributed by atoms with Crippen LogP contribution < -0.4 is 10.2 Å². The molecule has 0 bridgehead atoms. The van der Waals surface area contributed by atoms with Gasteiger partial charge in [-0.25, -0.2) is 0 Å². The molecule has 0 aromatic heterocycles. The standard InChI is InChI=1S/C19H28F3N3O/c1-15-18(6-13-26-15)23-7-3-8-24-9-11-25(12-10-24)17-5-2-4-16(14-17)19(20,21)22/h2,4-5,14-15,18,23H,3,6-13H2,1H3. The first kappa shape index (κ1) is 19.5. The zero-order chi connectivity index (χ0) is 18.6. The Hall–Kier alpha value is -1.31. The van der Waals surface area contributed by atoms with Crippen molar-refractivity contribution in [3.63, 3.8) is 0 Å². The van der Waals surface area contributed by atoms with Crippen molar-refractivity contribution in [1.82, 2.24) is 10.2 Å². The van der Waals surface area contributed by atoms with Crippen LogP contribution in [0.5, 0.6) is 0 Å². The average Bonchev–Trinajstić information content (AvgIpc) is 3.04. The highest BCUT2D eigenvalue weighted by atomic mass is 19.4. The molecule has 3 rings (SSSR count). The molecule has 2 saturated heterocycles. The van der Waals surface area contributed by atoms with Gasteiger partial charge in [0, 0.05) is 44.5 Å². The van der Waals surface area contributed by atoms with Gasteiger partial charge in [0.25, 0.3) is 0 Å². The molecule has 0 amide bonds. The molecule has 1 aromatic carbocycles. The SMILES string of the molecule is CC1OCCC1NCCCN1CCN(c2cccc(C(F)(F)F)c2)CC1. The molecule has 26 heavy (non-hydrogen) atoms. The lowest BCUT2D eigenvalue weighted by Crippen LogP contribution is -2.47. The third kappa shape index (κ3) is 5.11. The first-order valence-electron chi connectivity index (χ1n) is 9.43. The van der Waals surface area contributed by atoms with E-state index < -0.39 is 11.7 Å². The Morgan fingerprint density at radius 1 is 1.19 bits per heavy atom. The number of rotatable bonds is 6. The number of anilines is 1. The molecule has 2 heterocycles. The Kier molecular flexibility index (Phi) is 6.42. The number of ether oxygens (including phenoxy) is 1. The van der Waals surface area contributed by atoms with Crippen molar-refractivity contribution in [2.24, 2.45) is 0 Å². The van der Waals surface area contributed by atoms with Crippen molar-refractivity contribution < 1.29 is 17.9 Å². The van der Waals surface area contributed by atoms with Crippen LogP contribution in [0.15, 0.2) is 24.3 Å². The number of hydrogen-bond acceptors (Lipinski definition) is 4. The minimum absolute atomic E-state index is 0.297. The lowest BCUT2D eigenvalue weighted by Gasteiger charge is -2.36. The molecule has 2 unspecified atom stereocenters. The van der Waals surface area contributed by atoms with E-state index in [0.29, 0.717) is 17.8 Å². The van der Waals surface area contributed by atoms with Gasteiger partial charge in [-0.2, -0.15) is 13.2 Å². The largest absolute Gasteiger partial charge is 0.416 e. The van der Waals surface area contributed by atoms with Gasteiger partial charge in [-0.05, 0) is 51.1 Å². The molecule has 2 fully saturated rings. The minimum atomic E-state index is -4.29. The summed E-state index contributed by atoms with van der Waals surface area (Å²) in [4.78, 5) is 4.43. The molecule has 0 spiro atoms. The molecular weight excluding hydrogens is 343 g/mol.